The van der Waals surface area contributed by atoms with Gasteiger partial charge in [0.15, 0.2) is 20.3 Å². The van der Waals surface area contributed by atoms with E-state index in [4.69, 9.17) is 13.9 Å². The molecule has 1 saturated heterocycles. The summed E-state index contributed by atoms with van der Waals surface area (Å²) in [5.74, 6) is -2.11. The number of benzene rings is 2. The maximum absolute atomic E-state index is 14.4. The van der Waals surface area contributed by atoms with Crippen LogP contribution in [0.4, 0.5) is 10.5 Å². The van der Waals surface area contributed by atoms with Crippen molar-refractivity contribution in [2.75, 3.05) is 18.1 Å². The van der Waals surface area contributed by atoms with E-state index in [9.17, 15) is 29.1 Å². The quantitative estimate of drug-likeness (QED) is 0.115. The lowest BCUT2D eigenvalue weighted by atomic mass is 9.91. The average Bonchev–Trinajstić information content (AvgIpc) is 3.79. The molecule has 12 nitrogen and oxygen atoms in total. The van der Waals surface area contributed by atoms with Crippen LogP contribution in [-0.2, 0) is 41.3 Å². The Balaban J connectivity index is 1.30. The number of anilines is 1. The number of hydrogen-bond donors (Lipinski definition) is 2. The molecule has 4 atom stereocenters. The molecule has 56 heavy (non-hydrogen) atoms. The van der Waals surface area contributed by atoms with Crippen LogP contribution in [0.25, 0.3) is 0 Å². The maximum atomic E-state index is 14.4. The number of aromatic hydroxyl groups is 1. The molecule has 13 heteroatoms. The number of esters is 1. The number of fused-ring (bicyclic) bond motifs is 2. The summed E-state index contributed by atoms with van der Waals surface area (Å²) >= 11 is 0. The minimum absolute atomic E-state index is 0.0263. The zero-order chi connectivity index (χ0) is 41.3. The molecule has 1 spiro atoms. The van der Waals surface area contributed by atoms with E-state index >= 15 is 0 Å². The third kappa shape index (κ3) is 9.37. The SMILES string of the molecule is C=CCOC(=O)C[C@H](C(=O)N[C@@H](C)C(=O)Cc1ccc(COC(=O)N2c3cc(O)c(C)cc3C(=O)N3CC4(CC4)C[C@H]3C2O[Si](C)(C)C(C)(C)C)cc1)C(C)C. The molecule has 2 fully saturated rings. The van der Waals surface area contributed by atoms with Gasteiger partial charge in [0.05, 0.1) is 35.7 Å². The van der Waals surface area contributed by atoms with Gasteiger partial charge in [-0.25, -0.2) is 9.69 Å². The number of carbonyl (C=O) groups is 5. The third-order valence-electron chi connectivity index (χ3n) is 12.1. The minimum Gasteiger partial charge on any atom is -0.508 e. The summed E-state index contributed by atoms with van der Waals surface area (Å²) in [6, 6.07) is 9.04. The second kappa shape index (κ2) is 16.5. The van der Waals surface area contributed by atoms with E-state index < -0.39 is 38.6 Å². The number of carbonyl (C=O) groups excluding carboxylic acids is 5. The van der Waals surface area contributed by atoms with Gasteiger partial charge in [-0.3, -0.25) is 19.2 Å². The van der Waals surface area contributed by atoms with Crippen molar-refractivity contribution in [3.05, 3.63) is 71.3 Å². The lowest BCUT2D eigenvalue weighted by Crippen LogP contribution is -2.58. The summed E-state index contributed by atoms with van der Waals surface area (Å²) < 4.78 is 18.1. The first-order valence-electron chi connectivity index (χ1n) is 19.6. The number of phenolic OH excluding ortho intramolecular Hbond substituents is 1. The van der Waals surface area contributed by atoms with Gasteiger partial charge in [-0.15, -0.1) is 0 Å². The summed E-state index contributed by atoms with van der Waals surface area (Å²) in [6.07, 6.45) is 2.66. The summed E-state index contributed by atoms with van der Waals surface area (Å²) in [6.45, 7) is 21.8. The molecular weight excluding hydrogens is 731 g/mol. The summed E-state index contributed by atoms with van der Waals surface area (Å²) in [5, 5.41) is 13.4. The topological polar surface area (TPSA) is 152 Å². The molecule has 2 aromatic carbocycles. The third-order valence-corrected chi connectivity index (χ3v) is 16.5. The van der Waals surface area contributed by atoms with Crippen LogP contribution in [0.3, 0.4) is 0 Å². The number of phenols is 1. The van der Waals surface area contributed by atoms with Crippen LogP contribution in [-0.4, -0.2) is 79.4 Å². The van der Waals surface area contributed by atoms with Crippen molar-refractivity contribution in [1.82, 2.24) is 10.2 Å². The Kier molecular flexibility index (Phi) is 12.6. The zero-order valence-electron chi connectivity index (χ0n) is 34.4. The summed E-state index contributed by atoms with van der Waals surface area (Å²) in [5.41, 5.74) is 2.53. The predicted molar refractivity (Wildman–Crippen MR) is 216 cm³/mol. The Labute approximate surface area is 332 Å². The van der Waals surface area contributed by atoms with E-state index in [0.29, 0.717) is 35.2 Å². The fourth-order valence-corrected chi connectivity index (χ4v) is 8.41. The van der Waals surface area contributed by atoms with Crippen molar-refractivity contribution < 1.29 is 43.0 Å². The van der Waals surface area contributed by atoms with Crippen LogP contribution < -0.4 is 10.2 Å². The van der Waals surface area contributed by atoms with Crippen LogP contribution in [0.5, 0.6) is 5.75 Å². The van der Waals surface area contributed by atoms with Gasteiger partial charge in [0.1, 0.15) is 19.0 Å². The molecule has 1 aliphatic carbocycles. The lowest BCUT2D eigenvalue weighted by molar-refractivity contribution is -0.146. The van der Waals surface area contributed by atoms with Crippen molar-refractivity contribution in [3.63, 3.8) is 0 Å². The normalized spacial score (nSPS) is 19.8. The van der Waals surface area contributed by atoms with Gasteiger partial charge in [0.25, 0.3) is 5.91 Å². The number of rotatable bonds is 14. The highest BCUT2D eigenvalue weighted by atomic mass is 28.4. The van der Waals surface area contributed by atoms with Crippen molar-refractivity contribution in [3.8, 4) is 5.75 Å². The van der Waals surface area contributed by atoms with Gasteiger partial charge in [0, 0.05) is 19.0 Å². The molecule has 2 N–H and O–H groups in total. The van der Waals surface area contributed by atoms with Crippen molar-refractivity contribution >= 4 is 43.7 Å². The molecule has 3 amide bonds. The summed E-state index contributed by atoms with van der Waals surface area (Å²) in [4.78, 5) is 70.3. The molecular formula is C43H59N3O9Si. The van der Waals surface area contributed by atoms with Gasteiger partial charge in [0.2, 0.25) is 5.91 Å². The largest absolute Gasteiger partial charge is 0.508 e. The molecule has 0 bridgehead atoms. The summed E-state index contributed by atoms with van der Waals surface area (Å²) in [7, 11) is -2.52. The van der Waals surface area contributed by atoms with Crippen molar-refractivity contribution in [2.24, 2.45) is 17.3 Å². The zero-order valence-corrected chi connectivity index (χ0v) is 35.4. The number of amides is 3. The second-order valence-electron chi connectivity index (χ2n) is 17.8. The van der Waals surface area contributed by atoms with E-state index in [1.807, 2.05) is 18.7 Å². The number of ether oxygens (including phenoxy) is 2. The second-order valence-corrected chi connectivity index (χ2v) is 22.5. The minimum atomic E-state index is -2.52. The number of hydrogen-bond acceptors (Lipinski definition) is 9. The van der Waals surface area contributed by atoms with E-state index in [-0.39, 0.29) is 77.5 Å². The van der Waals surface area contributed by atoms with Gasteiger partial charge in [-0.05, 0) is 85.3 Å². The number of Topliss-reactive ketones (excluding diaryl/α,β-unsaturated/α-hetero) is 1. The Morgan fingerprint density at radius 3 is 2.29 bits per heavy atom. The van der Waals surface area contributed by atoms with Crippen molar-refractivity contribution in [2.45, 2.75) is 124 Å². The molecule has 3 aliphatic rings. The molecule has 5 rings (SSSR count). The van der Waals surface area contributed by atoms with Crippen LogP contribution >= 0.6 is 0 Å². The highest BCUT2D eigenvalue weighted by Gasteiger charge is 2.59. The molecule has 2 aliphatic heterocycles. The predicted octanol–water partition coefficient (Wildman–Crippen LogP) is 7.21. The van der Waals surface area contributed by atoms with Crippen LogP contribution in [0.1, 0.15) is 94.3 Å². The Hall–Kier alpha value is -4.49. The molecule has 0 aromatic heterocycles. The maximum Gasteiger partial charge on any atom is 0.416 e. The molecule has 1 saturated carbocycles. The Bertz CT molecular complexity index is 1850. The molecule has 0 radical (unpaired) electrons. The highest BCUT2D eigenvalue weighted by molar-refractivity contribution is 6.74. The van der Waals surface area contributed by atoms with Gasteiger partial charge in [-0.1, -0.05) is 71.5 Å². The van der Waals surface area contributed by atoms with Gasteiger partial charge < -0.3 is 29.2 Å². The first-order chi connectivity index (χ1) is 26.2. The first-order valence-corrected chi connectivity index (χ1v) is 22.5. The Morgan fingerprint density at radius 1 is 1.05 bits per heavy atom. The van der Waals surface area contributed by atoms with Crippen LogP contribution in [0, 0.1) is 24.2 Å². The van der Waals surface area contributed by atoms with E-state index in [0.717, 1.165) is 12.8 Å². The van der Waals surface area contributed by atoms with Crippen LogP contribution in [0.2, 0.25) is 18.1 Å². The van der Waals surface area contributed by atoms with Gasteiger partial charge in [-0.2, -0.15) is 0 Å². The molecule has 2 heterocycles. The lowest BCUT2D eigenvalue weighted by Gasteiger charge is -2.44. The van der Waals surface area contributed by atoms with E-state index in [2.05, 4.69) is 45.8 Å². The Morgan fingerprint density at radius 2 is 1.70 bits per heavy atom. The number of ketones is 1. The molecule has 1 unspecified atom stereocenters. The number of aryl methyl sites for hydroxylation is 1. The van der Waals surface area contributed by atoms with Crippen LogP contribution in [0.15, 0.2) is 49.1 Å². The monoisotopic (exact) mass is 789 g/mol. The number of nitrogens with zero attached hydrogens (tertiary/aromatic N) is 2. The highest BCUT2D eigenvalue weighted by Crippen LogP contribution is 2.57. The van der Waals surface area contributed by atoms with Crippen molar-refractivity contribution in [1.29, 1.82) is 0 Å². The standard InChI is InChI=1S/C43H59N3O9Si/c1-11-18-53-37(49)21-31(26(2)3)38(50)44-28(5)36(48)20-29-12-14-30(15-13-29)24-54-41(52)46-33-22-35(47)27(4)19-32(33)39(51)45-25-43(16-17-43)23-34(45)40(46)55-56(9,10)42(6,7)8/h11-15,19,22,26,28,31,34,40,47H,1,16-18,20-21,23-25H2,2-10H3,(H,44,50)/t28-,31-,34-,40?/m0/s1. The van der Waals surface area contributed by atoms with E-state index in [1.165, 1.54) is 17.0 Å². The fraction of sp³-hybridized carbons (Fsp3) is 0.558. The average molecular weight is 790 g/mol. The molecule has 2 aromatic rings. The first kappa shape index (κ1) is 42.6. The fourth-order valence-electron chi connectivity index (χ4n) is 7.19. The number of nitrogens with one attached hydrogen (secondary N) is 1. The molecule has 304 valence electrons. The van der Waals surface area contributed by atoms with Gasteiger partial charge >= 0.3 is 12.1 Å². The smallest absolute Gasteiger partial charge is 0.416 e. The van der Waals surface area contributed by atoms with E-state index in [1.54, 1.807) is 44.2 Å².